The smallest absolute Gasteiger partial charge is 0.274 e. The molecule has 1 rings (SSSR count). The van der Waals surface area contributed by atoms with Crippen molar-refractivity contribution >= 4 is 27.4 Å². The van der Waals surface area contributed by atoms with E-state index >= 15 is 0 Å². The second-order valence-corrected chi connectivity index (χ2v) is 3.90. The molecule has 86 valence electrons. The van der Waals surface area contributed by atoms with Gasteiger partial charge in [-0.05, 0) is 29.8 Å². The number of non-ortho nitro benzene ring substituents is 1. The van der Waals surface area contributed by atoms with Crippen LogP contribution >= 0.6 is 15.9 Å². The van der Waals surface area contributed by atoms with Crippen molar-refractivity contribution in [2.75, 3.05) is 6.61 Å². The van der Waals surface area contributed by atoms with Crippen LogP contribution in [0.3, 0.4) is 0 Å². The summed E-state index contributed by atoms with van der Waals surface area (Å²) in [7, 11) is 0. The van der Waals surface area contributed by atoms with E-state index in [1.807, 2.05) is 0 Å². The summed E-state index contributed by atoms with van der Waals surface area (Å²) in [5, 5.41) is 10.6. The molecular weight excluding hydrogens is 278 g/mol. The summed E-state index contributed by atoms with van der Waals surface area (Å²) in [6, 6.07) is 2.55. The lowest BCUT2D eigenvalue weighted by Gasteiger charge is -2.09. The van der Waals surface area contributed by atoms with Gasteiger partial charge in [-0.25, -0.2) is 0 Å². The SMILES string of the molecule is CCOc1cc([N+](=O)[O-])cc(Br)c1C(C)=O. The van der Waals surface area contributed by atoms with Crippen molar-refractivity contribution in [3.63, 3.8) is 0 Å². The first kappa shape index (κ1) is 12.6. The number of Topliss-reactive ketones (excluding diaryl/α,β-unsaturated/α-hetero) is 1. The summed E-state index contributed by atoms with van der Waals surface area (Å²) in [6.45, 7) is 3.47. The molecule has 0 aliphatic carbocycles. The molecule has 0 fully saturated rings. The van der Waals surface area contributed by atoms with Crippen LogP contribution < -0.4 is 4.74 Å². The number of halogens is 1. The maximum atomic E-state index is 11.4. The van der Waals surface area contributed by atoms with Gasteiger partial charge in [-0.1, -0.05) is 0 Å². The van der Waals surface area contributed by atoms with E-state index in [0.717, 1.165) is 0 Å². The lowest BCUT2D eigenvalue weighted by Crippen LogP contribution is -2.03. The number of carbonyl (C=O) groups is 1. The number of ketones is 1. The van der Waals surface area contributed by atoms with E-state index in [1.54, 1.807) is 6.92 Å². The van der Waals surface area contributed by atoms with Crippen molar-refractivity contribution in [1.82, 2.24) is 0 Å². The minimum atomic E-state index is -0.531. The summed E-state index contributed by atoms with van der Waals surface area (Å²) in [6.07, 6.45) is 0. The Kier molecular flexibility index (Phi) is 4.00. The third-order valence-corrected chi connectivity index (χ3v) is 2.53. The molecular formula is C10H10BrNO4. The maximum absolute atomic E-state index is 11.4. The highest BCUT2D eigenvalue weighted by atomic mass is 79.9. The molecule has 16 heavy (non-hydrogen) atoms. The predicted molar refractivity (Wildman–Crippen MR) is 62.0 cm³/mol. The van der Waals surface area contributed by atoms with Gasteiger partial charge in [-0.15, -0.1) is 0 Å². The van der Waals surface area contributed by atoms with Crippen molar-refractivity contribution in [2.45, 2.75) is 13.8 Å². The van der Waals surface area contributed by atoms with E-state index in [2.05, 4.69) is 15.9 Å². The van der Waals surface area contributed by atoms with E-state index in [1.165, 1.54) is 19.1 Å². The highest BCUT2D eigenvalue weighted by molar-refractivity contribution is 9.10. The summed E-state index contributed by atoms with van der Waals surface area (Å²) in [4.78, 5) is 21.5. The van der Waals surface area contributed by atoms with Gasteiger partial charge in [0, 0.05) is 10.5 Å². The lowest BCUT2D eigenvalue weighted by molar-refractivity contribution is -0.385. The fourth-order valence-corrected chi connectivity index (χ4v) is 1.99. The van der Waals surface area contributed by atoms with Gasteiger partial charge >= 0.3 is 0 Å². The fourth-order valence-electron chi connectivity index (χ4n) is 1.28. The number of nitro groups is 1. The van der Waals surface area contributed by atoms with Gasteiger partial charge in [0.25, 0.3) is 5.69 Å². The summed E-state index contributed by atoms with van der Waals surface area (Å²) < 4.78 is 5.59. The van der Waals surface area contributed by atoms with Gasteiger partial charge in [-0.2, -0.15) is 0 Å². The third-order valence-electron chi connectivity index (χ3n) is 1.90. The summed E-state index contributed by atoms with van der Waals surface area (Å²) in [5.74, 6) is 0.0290. The van der Waals surface area contributed by atoms with Crippen molar-refractivity contribution in [1.29, 1.82) is 0 Å². The van der Waals surface area contributed by atoms with Gasteiger partial charge < -0.3 is 4.74 Å². The number of nitro benzene ring substituents is 1. The zero-order chi connectivity index (χ0) is 12.3. The molecule has 0 heterocycles. The minimum absolute atomic E-state index is 0.111. The van der Waals surface area contributed by atoms with Gasteiger partial charge in [0.15, 0.2) is 5.78 Å². The molecule has 0 N–H and O–H groups in total. The molecule has 0 saturated carbocycles. The van der Waals surface area contributed by atoms with Crippen LogP contribution in [0.2, 0.25) is 0 Å². The lowest BCUT2D eigenvalue weighted by atomic mass is 10.1. The number of ether oxygens (including phenoxy) is 1. The molecule has 0 unspecified atom stereocenters. The highest BCUT2D eigenvalue weighted by Crippen LogP contribution is 2.32. The molecule has 0 aromatic heterocycles. The molecule has 0 saturated heterocycles. The molecule has 5 nitrogen and oxygen atoms in total. The van der Waals surface area contributed by atoms with Crippen LogP contribution in [0.1, 0.15) is 24.2 Å². The second-order valence-electron chi connectivity index (χ2n) is 3.05. The predicted octanol–water partition coefficient (Wildman–Crippen LogP) is 2.96. The molecule has 1 aromatic rings. The maximum Gasteiger partial charge on any atom is 0.274 e. The topological polar surface area (TPSA) is 69.4 Å². The Bertz CT molecular complexity index is 445. The van der Waals surface area contributed by atoms with Gasteiger partial charge in [0.1, 0.15) is 5.75 Å². The molecule has 0 radical (unpaired) electrons. The molecule has 0 aliphatic rings. The zero-order valence-electron chi connectivity index (χ0n) is 8.82. The summed E-state index contributed by atoms with van der Waals surface area (Å²) in [5.41, 5.74) is 0.216. The molecule has 1 aromatic carbocycles. The third kappa shape index (κ3) is 2.57. The zero-order valence-corrected chi connectivity index (χ0v) is 10.4. The van der Waals surface area contributed by atoms with Crippen LogP contribution in [0.25, 0.3) is 0 Å². The van der Waals surface area contributed by atoms with E-state index in [4.69, 9.17) is 4.74 Å². The molecule has 0 bridgehead atoms. The molecule has 0 atom stereocenters. The van der Waals surface area contributed by atoms with Crippen LogP contribution in [0.5, 0.6) is 5.75 Å². The summed E-state index contributed by atoms with van der Waals surface area (Å²) >= 11 is 3.13. The highest BCUT2D eigenvalue weighted by Gasteiger charge is 2.18. The normalized spacial score (nSPS) is 9.94. The van der Waals surface area contributed by atoms with Crippen molar-refractivity contribution in [3.8, 4) is 5.75 Å². The Hall–Kier alpha value is -1.43. The first-order valence-electron chi connectivity index (χ1n) is 4.59. The van der Waals surface area contributed by atoms with Gasteiger partial charge in [-0.3, -0.25) is 14.9 Å². The average molecular weight is 288 g/mol. The average Bonchev–Trinajstić information content (AvgIpc) is 2.16. The molecule has 0 aliphatic heterocycles. The van der Waals surface area contributed by atoms with E-state index in [0.29, 0.717) is 16.6 Å². The van der Waals surface area contributed by atoms with Crippen LogP contribution in [-0.4, -0.2) is 17.3 Å². The van der Waals surface area contributed by atoms with E-state index in [9.17, 15) is 14.9 Å². The van der Waals surface area contributed by atoms with Crippen LogP contribution in [0.4, 0.5) is 5.69 Å². The Morgan fingerprint density at radius 3 is 2.62 bits per heavy atom. The van der Waals surface area contributed by atoms with E-state index < -0.39 is 4.92 Å². The standard InChI is InChI=1S/C10H10BrNO4/c1-3-16-9-5-7(12(14)15)4-8(11)10(9)6(2)13/h4-5H,3H2,1-2H3. The van der Waals surface area contributed by atoms with Crippen molar-refractivity contribution < 1.29 is 14.5 Å². The molecule has 6 heteroatoms. The van der Waals surface area contributed by atoms with Crippen LogP contribution in [-0.2, 0) is 0 Å². The van der Waals surface area contributed by atoms with E-state index in [-0.39, 0.29) is 17.2 Å². The monoisotopic (exact) mass is 287 g/mol. The molecule has 0 amide bonds. The van der Waals surface area contributed by atoms with Crippen molar-refractivity contribution in [3.05, 3.63) is 32.3 Å². The quantitative estimate of drug-likeness (QED) is 0.485. The van der Waals surface area contributed by atoms with Crippen LogP contribution in [0, 0.1) is 10.1 Å². The van der Waals surface area contributed by atoms with Gasteiger partial charge in [0.05, 0.1) is 23.2 Å². The number of nitrogens with zero attached hydrogens (tertiary/aromatic N) is 1. The Morgan fingerprint density at radius 1 is 1.56 bits per heavy atom. The number of rotatable bonds is 4. The Labute approximate surface area is 101 Å². The second kappa shape index (κ2) is 5.07. The molecule has 0 spiro atoms. The Balaban J connectivity index is 3.38. The van der Waals surface area contributed by atoms with Crippen molar-refractivity contribution in [2.24, 2.45) is 0 Å². The van der Waals surface area contributed by atoms with Crippen LogP contribution in [0.15, 0.2) is 16.6 Å². The number of benzene rings is 1. The fraction of sp³-hybridized carbons (Fsp3) is 0.300. The van der Waals surface area contributed by atoms with Gasteiger partial charge in [0.2, 0.25) is 0 Å². The number of hydrogen-bond donors (Lipinski definition) is 0. The number of carbonyl (C=O) groups excluding carboxylic acids is 1. The Morgan fingerprint density at radius 2 is 2.19 bits per heavy atom. The first-order chi connectivity index (χ1) is 7.47. The largest absolute Gasteiger partial charge is 0.493 e. The number of hydrogen-bond acceptors (Lipinski definition) is 4. The first-order valence-corrected chi connectivity index (χ1v) is 5.38. The minimum Gasteiger partial charge on any atom is -0.493 e.